The number of H-pyrrole nitrogens is 1. The van der Waals surface area contributed by atoms with Gasteiger partial charge in [0.05, 0.1) is 6.33 Å². The molecule has 2 aromatic rings. The molecule has 94 valence electrons. The summed E-state index contributed by atoms with van der Waals surface area (Å²) in [6, 6.07) is 8.07. The fourth-order valence-electron chi connectivity index (χ4n) is 1.69. The Labute approximate surface area is 110 Å². The molecule has 1 aromatic heterocycles. The van der Waals surface area contributed by atoms with E-state index in [0.29, 0.717) is 5.82 Å². The van der Waals surface area contributed by atoms with Crippen molar-refractivity contribution in [1.82, 2.24) is 9.97 Å². The zero-order valence-corrected chi connectivity index (χ0v) is 11.0. The Morgan fingerprint density at radius 2 is 2.00 bits per heavy atom. The minimum Gasteiger partial charge on any atom is -0.328 e. The highest BCUT2D eigenvalue weighted by molar-refractivity contribution is 6.32. The first-order chi connectivity index (χ1) is 8.63. The predicted octanol–water partition coefficient (Wildman–Crippen LogP) is 2.75. The highest BCUT2D eigenvalue weighted by atomic mass is 35.5. The first kappa shape index (κ1) is 12.6. The summed E-state index contributed by atoms with van der Waals surface area (Å²) in [5.74, 6) is 0.449. The highest BCUT2D eigenvalue weighted by Crippen LogP contribution is 2.25. The molecule has 0 atom stereocenters. The van der Waals surface area contributed by atoms with Gasteiger partial charge in [0.15, 0.2) is 5.82 Å². The minimum absolute atomic E-state index is 0.0968. The molecule has 0 aliphatic heterocycles. The molecule has 1 heterocycles. The number of nitrogens with zero attached hydrogens (tertiary/aromatic N) is 2. The molecule has 5 heteroatoms. The van der Waals surface area contributed by atoms with E-state index in [9.17, 15) is 4.79 Å². The number of rotatable bonds is 3. The maximum absolute atomic E-state index is 11.4. The van der Waals surface area contributed by atoms with Crippen LogP contribution >= 0.6 is 11.6 Å². The number of nitrogens with one attached hydrogen (secondary N) is 1. The van der Waals surface area contributed by atoms with Crippen LogP contribution in [0.4, 0.5) is 11.5 Å². The molecule has 0 saturated carbocycles. The van der Waals surface area contributed by atoms with Gasteiger partial charge < -0.3 is 9.88 Å². The third-order valence-electron chi connectivity index (χ3n) is 2.83. The van der Waals surface area contributed by atoms with Gasteiger partial charge in [-0.15, -0.1) is 0 Å². The average molecular weight is 264 g/mol. The number of hydrogen-bond donors (Lipinski definition) is 1. The van der Waals surface area contributed by atoms with Crippen molar-refractivity contribution in [1.29, 1.82) is 0 Å². The van der Waals surface area contributed by atoms with E-state index in [1.807, 2.05) is 31.3 Å². The molecule has 0 amide bonds. The summed E-state index contributed by atoms with van der Waals surface area (Å²) in [6.45, 7) is 2.11. The van der Waals surface area contributed by atoms with Gasteiger partial charge in [0.2, 0.25) is 0 Å². The van der Waals surface area contributed by atoms with E-state index in [1.54, 1.807) is 4.90 Å². The first-order valence-electron chi connectivity index (χ1n) is 5.69. The van der Waals surface area contributed by atoms with Crippen molar-refractivity contribution in [3.8, 4) is 0 Å². The maximum atomic E-state index is 11.4. The van der Waals surface area contributed by atoms with E-state index < -0.39 is 0 Å². The van der Waals surface area contributed by atoms with Crippen LogP contribution in [0.15, 0.2) is 35.4 Å². The van der Waals surface area contributed by atoms with Crippen LogP contribution in [0.25, 0.3) is 0 Å². The number of halogens is 1. The van der Waals surface area contributed by atoms with Gasteiger partial charge in [0.1, 0.15) is 5.02 Å². The number of aromatic amines is 1. The summed E-state index contributed by atoms with van der Waals surface area (Å²) in [7, 11) is 1.83. The van der Waals surface area contributed by atoms with Gasteiger partial charge in [-0.2, -0.15) is 0 Å². The largest absolute Gasteiger partial charge is 0.328 e. The zero-order chi connectivity index (χ0) is 13.1. The molecule has 0 aliphatic carbocycles. The standard InChI is InChI=1S/C13H14ClN3O/c1-3-9-4-6-10(7-5-9)17(2)12-11(14)13(18)16-8-15-12/h4-8H,3H2,1-2H3,(H,15,16,18). The summed E-state index contributed by atoms with van der Waals surface area (Å²) in [4.78, 5) is 19.7. The van der Waals surface area contributed by atoms with Gasteiger partial charge in [-0.1, -0.05) is 30.7 Å². The topological polar surface area (TPSA) is 49.0 Å². The molecule has 0 unspecified atom stereocenters. The van der Waals surface area contributed by atoms with E-state index in [2.05, 4.69) is 16.9 Å². The van der Waals surface area contributed by atoms with Crippen LogP contribution in [0.3, 0.4) is 0 Å². The summed E-state index contributed by atoms with van der Waals surface area (Å²) < 4.78 is 0. The molecular weight excluding hydrogens is 250 g/mol. The van der Waals surface area contributed by atoms with Gasteiger partial charge in [0.25, 0.3) is 5.56 Å². The number of benzene rings is 1. The van der Waals surface area contributed by atoms with Crippen molar-refractivity contribution in [2.75, 3.05) is 11.9 Å². The third kappa shape index (κ3) is 2.38. The maximum Gasteiger partial charge on any atom is 0.271 e. The Hall–Kier alpha value is -1.81. The minimum atomic E-state index is -0.335. The Bertz CT molecular complexity index is 592. The van der Waals surface area contributed by atoms with E-state index in [4.69, 9.17) is 11.6 Å². The molecule has 4 nitrogen and oxygen atoms in total. The van der Waals surface area contributed by atoms with Crippen LogP contribution in [-0.4, -0.2) is 17.0 Å². The van der Waals surface area contributed by atoms with Crippen molar-refractivity contribution < 1.29 is 0 Å². The quantitative estimate of drug-likeness (QED) is 0.926. The summed E-state index contributed by atoms with van der Waals surface area (Å²) in [5, 5.41) is 0.0968. The van der Waals surface area contributed by atoms with Crippen LogP contribution in [0.1, 0.15) is 12.5 Å². The monoisotopic (exact) mass is 263 g/mol. The molecule has 1 aromatic carbocycles. The third-order valence-corrected chi connectivity index (χ3v) is 3.17. The molecule has 0 spiro atoms. The molecule has 0 aliphatic rings. The first-order valence-corrected chi connectivity index (χ1v) is 6.07. The number of aromatic nitrogens is 2. The lowest BCUT2D eigenvalue weighted by Gasteiger charge is -2.19. The van der Waals surface area contributed by atoms with Crippen molar-refractivity contribution in [2.45, 2.75) is 13.3 Å². The van der Waals surface area contributed by atoms with Gasteiger partial charge >= 0.3 is 0 Å². The van der Waals surface area contributed by atoms with E-state index >= 15 is 0 Å². The second kappa shape index (κ2) is 5.23. The lowest BCUT2D eigenvalue weighted by atomic mass is 10.1. The van der Waals surface area contributed by atoms with E-state index in [-0.39, 0.29) is 10.6 Å². The van der Waals surface area contributed by atoms with Gasteiger partial charge in [-0.3, -0.25) is 4.79 Å². The molecule has 0 saturated heterocycles. The Morgan fingerprint density at radius 3 is 2.61 bits per heavy atom. The fourth-order valence-corrected chi connectivity index (χ4v) is 1.92. The lowest BCUT2D eigenvalue weighted by molar-refractivity contribution is 1.05. The molecular formula is C13H14ClN3O. The molecule has 0 radical (unpaired) electrons. The Balaban J connectivity index is 2.38. The highest BCUT2D eigenvalue weighted by Gasteiger charge is 2.12. The summed E-state index contributed by atoms with van der Waals surface area (Å²) in [5.41, 5.74) is 1.86. The van der Waals surface area contributed by atoms with Crippen LogP contribution in [0, 0.1) is 0 Å². The van der Waals surface area contributed by atoms with Gasteiger partial charge in [-0.25, -0.2) is 4.98 Å². The van der Waals surface area contributed by atoms with Crippen LogP contribution in [-0.2, 0) is 6.42 Å². The fraction of sp³-hybridized carbons (Fsp3) is 0.231. The number of hydrogen-bond acceptors (Lipinski definition) is 3. The van der Waals surface area contributed by atoms with Gasteiger partial charge in [-0.05, 0) is 24.1 Å². The molecule has 18 heavy (non-hydrogen) atoms. The molecule has 0 bridgehead atoms. The van der Waals surface area contributed by atoms with Crippen molar-refractivity contribution in [3.05, 3.63) is 51.5 Å². The summed E-state index contributed by atoms with van der Waals surface area (Å²) >= 11 is 5.95. The Morgan fingerprint density at radius 1 is 1.33 bits per heavy atom. The van der Waals surface area contributed by atoms with Crippen LogP contribution in [0.5, 0.6) is 0 Å². The second-order valence-corrected chi connectivity index (χ2v) is 4.33. The normalized spacial score (nSPS) is 10.4. The van der Waals surface area contributed by atoms with Crippen LogP contribution < -0.4 is 10.5 Å². The van der Waals surface area contributed by atoms with Crippen molar-refractivity contribution in [3.63, 3.8) is 0 Å². The Kier molecular flexibility index (Phi) is 3.67. The van der Waals surface area contributed by atoms with E-state index in [1.165, 1.54) is 11.9 Å². The van der Waals surface area contributed by atoms with Crippen molar-refractivity contribution in [2.24, 2.45) is 0 Å². The summed E-state index contributed by atoms with van der Waals surface area (Å²) in [6.07, 6.45) is 2.34. The SMILES string of the molecule is CCc1ccc(N(C)c2nc[nH]c(=O)c2Cl)cc1. The molecule has 1 N–H and O–H groups in total. The van der Waals surface area contributed by atoms with Crippen LogP contribution in [0.2, 0.25) is 5.02 Å². The smallest absolute Gasteiger partial charge is 0.271 e. The second-order valence-electron chi connectivity index (χ2n) is 3.95. The lowest BCUT2D eigenvalue weighted by Crippen LogP contribution is -2.17. The zero-order valence-electron chi connectivity index (χ0n) is 10.3. The number of anilines is 2. The predicted molar refractivity (Wildman–Crippen MR) is 73.8 cm³/mol. The molecule has 2 rings (SSSR count). The number of aryl methyl sites for hydroxylation is 1. The van der Waals surface area contributed by atoms with E-state index in [0.717, 1.165) is 12.1 Å². The van der Waals surface area contributed by atoms with Gasteiger partial charge in [0, 0.05) is 12.7 Å². The molecule has 0 fully saturated rings. The average Bonchev–Trinajstić information content (AvgIpc) is 2.41. The van der Waals surface area contributed by atoms with Crippen molar-refractivity contribution >= 4 is 23.1 Å².